The van der Waals surface area contributed by atoms with Crippen LogP contribution in [-0.2, 0) is 17.9 Å². The summed E-state index contributed by atoms with van der Waals surface area (Å²) in [4.78, 5) is 12.1. The van der Waals surface area contributed by atoms with Gasteiger partial charge in [0.1, 0.15) is 11.6 Å². The Hall–Kier alpha value is -2.80. The zero-order valence-corrected chi connectivity index (χ0v) is 16.3. The van der Waals surface area contributed by atoms with E-state index in [0.717, 1.165) is 23.2 Å². The maximum absolute atomic E-state index is 12.1. The van der Waals surface area contributed by atoms with Crippen molar-refractivity contribution in [1.29, 1.82) is 0 Å². The van der Waals surface area contributed by atoms with Gasteiger partial charge in [0.05, 0.1) is 18.6 Å². The largest absolute Gasteiger partial charge is 0.467 e. The fraction of sp³-hybridized carbons (Fsp3) is 0.286. The molecule has 2 atom stereocenters. The first kappa shape index (κ1) is 18.6. The van der Waals surface area contributed by atoms with Crippen LogP contribution in [0.1, 0.15) is 35.4 Å². The highest BCUT2D eigenvalue weighted by Gasteiger charge is 2.43. The average molecular weight is 395 g/mol. The van der Waals surface area contributed by atoms with Gasteiger partial charge < -0.3 is 14.3 Å². The molecule has 1 aliphatic carbocycles. The van der Waals surface area contributed by atoms with E-state index in [0.29, 0.717) is 24.9 Å². The third kappa shape index (κ3) is 4.20. The number of allylic oxidation sites excluding steroid dienone is 1. The van der Waals surface area contributed by atoms with E-state index < -0.39 is 0 Å². The molecule has 1 aliphatic rings. The predicted octanol–water partition coefficient (Wildman–Crippen LogP) is 3.74. The van der Waals surface area contributed by atoms with Crippen molar-refractivity contribution < 1.29 is 9.21 Å². The molecule has 3 aromatic rings. The minimum Gasteiger partial charge on any atom is -0.467 e. The van der Waals surface area contributed by atoms with E-state index in [-0.39, 0.29) is 11.7 Å². The van der Waals surface area contributed by atoms with Crippen molar-refractivity contribution in [2.45, 2.75) is 36.5 Å². The molecule has 4 rings (SSSR count). The number of nitrogens with one attached hydrogen (secondary N) is 1. The van der Waals surface area contributed by atoms with E-state index in [1.807, 2.05) is 18.2 Å². The molecular formula is C21H22N4O2S. The number of benzene rings is 1. The average Bonchev–Trinajstić information content (AvgIpc) is 3.14. The molecule has 1 aromatic carbocycles. The third-order valence-corrected chi connectivity index (χ3v) is 5.75. The van der Waals surface area contributed by atoms with Gasteiger partial charge >= 0.3 is 0 Å². The summed E-state index contributed by atoms with van der Waals surface area (Å²) in [6.45, 7) is 4.87. The van der Waals surface area contributed by atoms with Crippen molar-refractivity contribution >= 4 is 17.7 Å². The second kappa shape index (κ2) is 8.48. The zero-order valence-electron chi connectivity index (χ0n) is 15.5. The zero-order chi connectivity index (χ0) is 19.3. The number of aromatic nitrogens is 3. The second-order valence-corrected chi connectivity index (χ2v) is 7.69. The number of carbonyl (C=O) groups excluding carboxylic acids is 1. The Morgan fingerprint density at radius 1 is 1.25 bits per heavy atom. The highest BCUT2D eigenvalue weighted by molar-refractivity contribution is 7.99. The van der Waals surface area contributed by atoms with Gasteiger partial charge in [0.2, 0.25) is 5.91 Å². The van der Waals surface area contributed by atoms with Crippen LogP contribution in [0.5, 0.6) is 0 Å². The van der Waals surface area contributed by atoms with Crippen molar-refractivity contribution in [2.24, 2.45) is 0 Å². The first-order valence-corrected chi connectivity index (χ1v) is 10.3. The molecule has 144 valence electrons. The number of hydrogen-bond acceptors (Lipinski definition) is 5. The van der Waals surface area contributed by atoms with Crippen LogP contribution < -0.4 is 5.32 Å². The van der Waals surface area contributed by atoms with Crippen LogP contribution in [-0.4, -0.2) is 26.4 Å². The van der Waals surface area contributed by atoms with E-state index >= 15 is 0 Å². The molecule has 0 bridgehead atoms. The summed E-state index contributed by atoms with van der Waals surface area (Å²) in [5.74, 6) is 2.79. The number of rotatable bonds is 9. The summed E-state index contributed by atoms with van der Waals surface area (Å²) in [5, 5.41) is 12.4. The summed E-state index contributed by atoms with van der Waals surface area (Å²) < 4.78 is 7.30. The molecule has 1 amide bonds. The van der Waals surface area contributed by atoms with Crippen LogP contribution in [0.3, 0.4) is 0 Å². The second-order valence-electron chi connectivity index (χ2n) is 6.74. The molecule has 0 saturated heterocycles. The van der Waals surface area contributed by atoms with E-state index in [1.54, 1.807) is 12.3 Å². The van der Waals surface area contributed by atoms with Crippen molar-refractivity contribution in [2.75, 3.05) is 5.75 Å². The van der Waals surface area contributed by atoms with Crippen LogP contribution >= 0.6 is 11.8 Å². The summed E-state index contributed by atoms with van der Waals surface area (Å²) in [6.07, 6.45) is 4.51. The minimum absolute atomic E-state index is 0.0651. The van der Waals surface area contributed by atoms with Crippen LogP contribution in [0.15, 0.2) is 71.0 Å². The van der Waals surface area contributed by atoms with E-state index in [1.165, 1.54) is 17.3 Å². The predicted molar refractivity (Wildman–Crippen MR) is 108 cm³/mol. The molecule has 28 heavy (non-hydrogen) atoms. The van der Waals surface area contributed by atoms with Gasteiger partial charge in [-0.05, 0) is 30.0 Å². The Morgan fingerprint density at radius 3 is 2.86 bits per heavy atom. The molecule has 0 radical (unpaired) electrons. The van der Waals surface area contributed by atoms with Gasteiger partial charge in [-0.25, -0.2) is 0 Å². The van der Waals surface area contributed by atoms with Gasteiger partial charge in [-0.2, -0.15) is 0 Å². The third-order valence-electron chi connectivity index (χ3n) is 4.78. The van der Waals surface area contributed by atoms with Gasteiger partial charge in [0, 0.05) is 12.5 Å². The monoisotopic (exact) mass is 394 g/mol. The molecule has 1 saturated carbocycles. The highest BCUT2D eigenvalue weighted by Crippen LogP contribution is 2.54. The van der Waals surface area contributed by atoms with Gasteiger partial charge in [-0.15, -0.1) is 16.8 Å². The van der Waals surface area contributed by atoms with Gasteiger partial charge in [0.25, 0.3) is 0 Å². The van der Waals surface area contributed by atoms with E-state index in [2.05, 4.69) is 50.9 Å². The lowest BCUT2D eigenvalue weighted by Crippen LogP contribution is -2.24. The number of nitrogens with zero attached hydrogens (tertiary/aromatic N) is 3. The first-order chi connectivity index (χ1) is 13.8. The SMILES string of the molecule is C=CCn1c(SCC(=O)NCc2ccco2)nnc1C1CC1c1ccccc1. The Kier molecular flexibility index (Phi) is 5.62. The maximum Gasteiger partial charge on any atom is 0.230 e. The van der Waals surface area contributed by atoms with Crippen LogP contribution in [0.4, 0.5) is 0 Å². The maximum atomic E-state index is 12.1. The minimum atomic E-state index is -0.0651. The number of carbonyl (C=O) groups is 1. The normalized spacial score (nSPS) is 18.0. The van der Waals surface area contributed by atoms with Crippen LogP contribution in [0, 0.1) is 0 Å². The lowest BCUT2D eigenvalue weighted by atomic mass is 10.1. The van der Waals surface area contributed by atoms with Crippen molar-refractivity contribution in [3.63, 3.8) is 0 Å². The molecule has 2 aromatic heterocycles. The Morgan fingerprint density at radius 2 is 2.11 bits per heavy atom. The first-order valence-electron chi connectivity index (χ1n) is 9.27. The fourth-order valence-corrected chi connectivity index (χ4v) is 4.10. The molecule has 2 heterocycles. The molecule has 0 aliphatic heterocycles. The molecule has 1 N–H and O–H groups in total. The Bertz CT molecular complexity index is 937. The molecule has 6 nitrogen and oxygen atoms in total. The molecule has 7 heteroatoms. The fourth-order valence-electron chi connectivity index (χ4n) is 3.31. The number of amides is 1. The van der Waals surface area contributed by atoms with E-state index in [4.69, 9.17) is 4.42 Å². The smallest absolute Gasteiger partial charge is 0.230 e. The summed E-state index contributed by atoms with van der Waals surface area (Å²) >= 11 is 1.39. The number of hydrogen-bond donors (Lipinski definition) is 1. The van der Waals surface area contributed by atoms with Crippen LogP contribution in [0.2, 0.25) is 0 Å². The summed E-state index contributed by atoms with van der Waals surface area (Å²) in [6, 6.07) is 14.1. The number of furan rings is 1. The summed E-state index contributed by atoms with van der Waals surface area (Å²) in [5.41, 5.74) is 1.34. The van der Waals surface area contributed by atoms with Gasteiger partial charge in [0.15, 0.2) is 5.16 Å². The van der Waals surface area contributed by atoms with Gasteiger partial charge in [-0.1, -0.05) is 48.2 Å². The number of thioether (sulfide) groups is 1. The van der Waals surface area contributed by atoms with Crippen molar-refractivity contribution in [3.8, 4) is 0 Å². The van der Waals surface area contributed by atoms with E-state index in [9.17, 15) is 4.79 Å². The lowest BCUT2D eigenvalue weighted by Gasteiger charge is -2.08. The molecule has 2 unspecified atom stereocenters. The Balaban J connectivity index is 1.38. The standard InChI is InChI=1S/C21H22N4O2S/c1-2-10-25-20(18-12-17(18)15-7-4-3-5-8-15)23-24-21(25)28-14-19(26)22-13-16-9-6-11-27-16/h2-9,11,17-18H,1,10,12-14H2,(H,22,26). The van der Waals surface area contributed by atoms with Crippen molar-refractivity contribution in [1.82, 2.24) is 20.1 Å². The molecule has 0 spiro atoms. The Labute approximate surface area is 168 Å². The molecule has 1 fully saturated rings. The van der Waals surface area contributed by atoms with Crippen molar-refractivity contribution in [3.05, 3.63) is 78.5 Å². The topological polar surface area (TPSA) is 73.0 Å². The lowest BCUT2D eigenvalue weighted by molar-refractivity contribution is -0.118. The highest BCUT2D eigenvalue weighted by atomic mass is 32.2. The van der Waals surface area contributed by atoms with Gasteiger partial charge in [-0.3, -0.25) is 4.79 Å². The quantitative estimate of drug-likeness (QED) is 0.442. The summed E-state index contributed by atoms with van der Waals surface area (Å²) in [7, 11) is 0. The molecular weight excluding hydrogens is 372 g/mol. The van der Waals surface area contributed by atoms with Crippen LogP contribution in [0.25, 0.3) is 0 Å².